The predicted octanol–water partition coefficient (Wildman–Crippen LogP) is 0.326. The quantitative estimate of drug-likeness (QED) is 0.795. The molecule has 7 nitrogen and oxygen atoms in total. The minimum atomic E-state index is -0.0906. The van der Waals surface area contributed by atoms with Gasteiger partial charge in [0.05, 0.1) is 12.9 Å². The van der Waals surface area contributed by atoms with Crippen LogP contribution in [-0.4, -0.2) is 37.8 Å². The van der Waals surface area contributed by atoms with Gasteiger partial charge in [0.15, 0.2) is 11.5 Å². The molecule has 2 unspecified atom stereocenters. The third-order valence-corrected chi connectivity index (χ3v) is 3.30. The van der Waals surface area contributed by atoms with E-state index in [2.05, 4.69) is 15.0 Å². The number of imidazole rings is 1. The lowest BCUT2D eigenvalue weighted by molar-refractivity contribution is -0.0669. The first-order chi connectivity index (χ1) is 8.79. The summed E-state index contributed by atoms with van der Waals surface area (Å²) in [4.78, 5) is 12.3. The molecular weight excluding hydrogens is 234 g/mol. The lowest BCUT2D eigenvalue weighted by Crippen LogP contribution is -2.26. The molecular formula is C11H15N5O2. The van der Waals surface area contributed by atoms with Crippen LogP contribution in [0.25, 0.3) is 11.2 Å². The Bertz CT molecular complexity index is 547. The molecule has 2 aromatic rings. The maximum absolute atomic E-state index is 9.08. The summed E-state index contributed by atoms with van der Waals surface area (Å²) in [5.41, 5.74) is 7.03. The molecule has 0 aliphatic carbocycles. The summed E-state index contributed by atoms with van der Waals surface area (Å²) in [5.74, 6) is 0.610. The zero-order valence-corrected chi connectivity index (χ0v) is 9.86. The molecule has 3 rings (SSSR count). The number of anilines is 1. The Balaban J connectivity index is 1.89. The Morgan fingerprint density at radius 2 is 2.28 bits per heavy atom. The largest absolute Gasteiger partial charge is 0.396 e. The fourth-order valence-electron chi connectivity index (χ4n) is 2.24. The van der Waals surface area contributed by atoms with Crippen molar-refractivity contribution in [3.63, 3.8) is 0 Å². The van der Waals surface area contributed by atoms with Crippen LogP contribution in [0.3, 0.4) is 0 Å². The summed E-state index contributed by atoms with van der Waals surface area (Å²) in [7, 11) is 0. The van der Waals surface area contributed by atoms with Crippen LogP contribution in [-0.2, 0) is 4.74 Å². The number of nitrogen functional groups attached to an aromatic ring is 1. The summed E-state index contributed by atoms with van der Waals surface area (Å²) in [6.45, 7) is 0.730. The number of nitrogens with zero attached hydrogens (tertiary/aromatic N) is 4. The van der Waals surface area contributed by atoms with Crippen molar-refractivity contribution >= 4 is 17.0 Å². The van der Waals surface area contributed by atoms with Crippen LogP contribution in [0.2, 0.25) is 0 Å². The fraction of sp³-hybridized carbons (Fsp3) is 0.545. The van der Waals surface area contributed by atoms with Crippen molar-refractivity contribution in [2.24, 2.45) is 5.92 Å². The van der Waals surface area contributed by atoms with E-state index in [0.29, 0.717) is 23.6 Å². The highest BCUT2D eigenvalue weighted by molar-refractivity contribution is 5.81. The number of hydrogen-bond acceptors (Lipinski definition) is 6. The van der Waals surface area contributed by atoms with E-state index in [1.807, 2.05) is 4.57 Å². The second-order valence-electron chi connectivity index (χ2n) is 4.50. The van der Waals surface area contributed by atoms with Gasteiger partial charge in [0, 0.05) is 12.5 Å². The van der Waals surface area contributed by atoms with E-state index in [1.165, 1.54) is 6.33 Å². The van der Waals surface area contributed by atoms with Crippen molar-refractivity contribution in [3.05, 3.63) is 12.7 Å². The molecule has 1 saturated heterocycles. The van der Waals surface area contributed by atoms with Gasteiger partial charge < -0.3 is 15.6 Å². The van der Waals surface area contributed by atoms with Gasteiger partial charge in [0.1, 0.15) is 18.1 Å². The van der Waals surface area contributed by atoms with Crippen molar-refractivity contribution in [2.75, 3.05) is 18.9 Å². The van der Waals surface area contributed by atoms with E-state index in [4.69, 9.17) is 15.6 Å². The number of aromatic nitrogens is 4. The molecule has 1 fully saturated rings. The normalized spacial score (nSPS) is 24.5. The minimum Gasteiger partial charge on any atom is -0.396 e. The van der Waals surface area contributed by atoms with Crippen LogP contribution in [0.1, 0.15) is 19.1 Å². The molecule has 0 radical (unpaired) electrons. The molecule has 2 aromatic heterocycles. The van der Waals surface area contributed by atoms with Gasteiger partial charge in [-0.1, -0.05) is 0 Å². The Morgan fingerprint density at radius 1 is 1.39 bits per heavy atom. The lowest BCUT2D eigenvalue weighted by atomic mass is 10.0. The number of aliphatic hydroxyl groups is 1. The van der Waals surface area contributed by atoms with Crippen molar-refractivity contribution in [2.45, 2.75) is 19.1 Å². The van der Waals surface area contributed by atoms with Crippen LogP contribution >= 0.6 is 0 Å². The molecule has 3 heterocycles. The first kappa shape index (κ1) is 11.4. The van der Waals surface area contributed by atoms with Gasteiger partial charge in [-0.05, 0) is 12.8 Å². The van der Waals surface area contributed by atoms with E-state index in [1.54, 1.807) is 6.33 Å². The molecule has 0 saturated carbocycles. The molecule has 18 heavy (non-hydrogen) atoms. The topological polar surface area (TPSA) is 99.1 Å². The summed E-state index contributed by atoms with van der Waals surface area (Å²) >= 11 is 0. The third kappa shape index (κ3) is 1.81. The van der Waals surface area contributed by atoms with Gasteiger partial charge >= 0.3 is 0 Å². The molecule has 7 heteroatoms. The van der Waals surface area contributed by atoms with Gasteiger partial charge in [0.25, 0.3) is 0 Å². The highest BCUT2D eigenvalue weighted by Gasteiger charge is 2.24. The fourth-order valence-corrected chi connectivity index (χ4v) is 2.24. The predicted molar refractivity (Wildman–Crippen MR) is 64.5 cm³/mol. The molecule has 0 bridgehead atoms. The molecule has 0 aromatic carbocycles. The highest BCUT2D eigenvalue weighted by Crippen LogP contribution is 2.28. The van der Waals surface area contributed by atoms with Crippen LogP contribution in [0.4, 0.5) is 5.82 Å². The van der Waals surface area contributed by atoms with Crippen molar-refractivity contribution in [3.8, 4) is 0 Å². The van der Waals surface area contributed by atoms with Gasteiger partial charge in [-0.2, -0.15) is 0 Å². The summed E-state index contributed by atoms with van der Waals surface area (Å²) < 4.78 is 7.61. The number of fused-ring (bicyclic) bond motifs is 1. The first-order valence-corrected chi connectivity index (χ1v) is 5.95. The first-order valence-electron chi connectivity index (χ1n) is 5.95. The highest BCUT2D eigenvalue weighted by atomic mass is 16.5. The van der Waals surface area contributed by atoms with Crippen LogP contribution in [0.5, 0.6) is 0 Å². The zero-order valence-electron chi connectivity index (χ0n) is 9.86. The Hall–Kier alpha value is -1.73. The number of aliphatic hydroxyl groups excluding tert-OH is 1. The smallest absolute Gasteiger partial charge is 0.167 e. The number of hydrogen-bond donors (Lipinski definition) is 2. The van der Waals surface area contributed by atoms with Crippen molar-refractivity contribution < 1.29 is 9.84 Å². The number of nitrogens with two attached hydrogens (primary N) is 1. The van der Waals surface area contributed by atoms with Gasteiger partial charge in [-0.25, -0.2) is 15.0 Å². The molecule has 0 amide bonds. The molecule has 1 aliphatic heterocycles. The SMILES string of the molecule is Nc1ncnc2c1ncn2C1CCC(CO)CO1. The lowest BCUT2D eigenvalue weighted by Gasteiger charge is -2.28. The minimum absolute atomic E-state index is 0.0906. The van der Waals surface area contributed by atoms with E-state index in [0.717, 1.165) is 12.8 Å². The van der Waals surface area contributed by atoms with Crippen LogP contribution in [0.15, 0.2) is 12.7 Å². The second kappa shape index (κ2) is 4.51. The molecule has 0 spiro atoms. The van der Waals surface area contributed by atoms with Gasteiger partial charge in [0.2, 0.25) is 0 Å². The summed E-state index contributed by atoms with van der Waals surface area (Å²) in [6.07, 6.45) is 4.78. The standard InChI is InChI=1S/C11H15N5O2/c12-10-9-11(14-5-13-10)16(6-15-9)8-2-1-7(3-17)4-18-8/h5-8,17H,1-4H2,(H2,12,13,14). The van der Waals surface area contributed by atoms with Crippen LogP contribution in [0, 0.1) is 5.92 Å². The zero-order chi connectivity index (χ0) is 12.5. The second-order valence-corrected chi connectivity index (χ2v) is 4.50. The molecule has 3 N–H and O–H groups in total. The van der Waals surface area contributed by atoms with Crippen molar-refractivity contribution in [1.82, 2.24) is 19.5 Å². The monoisotopic (exact) mass is 249 g/mol. The maximum Gasteiger partial charge on any atom is 0.167 e. The Kier molecular flexibility index (Phi) is 2.85. The van der Waals surface area contributed by atoms with Gasteiger partial charge in [-0.3, -0.25) is 4.57 Å². The average molecular weight is 249 g/mol. The maximum atomic E-state index is 9.08. The molecule has 2 atom stereocenters. The summed E-state index contributed by atoms with van der Waals surface area (Å²) in [6, 6.07) is 0. The molecule has 96 valence electrons. The average Bonchev–Trinajstić information content (AvgIpc) is 2.84. The third-order valence-electron chi connectivity index (χ3n) is 3.30. The van der Waals surface area contributed by atoms with E-state index in [-0.39, 0.29) is 18.8 Å². The van der Waals surface area contributed by atoms with E-state index >= 15 is 0 Å². The Labute approximate surface area is 104 Å². The summed E-state index contributed by atoms with van der Waals surface area (Å²) in [5, 5.41) is 9.08. The van der Waals surface area contributed by atoms with E-state index < -0.39 is 0 Å². The van der Waals surface area contributed by atoms with Gasteiger partial charge in [-0.15, -0.1) is 0 Å². The number of ether oxygens (including phenoxy) is 1. The number of rotatable bonds is 2. The van der Waals surface area contributed by atoms with E-state index in [9.17, 15) is 0 Å². The molecule has 1 aliphatic rings. The van der Waals surface area contributed by atoms with Crippen LogP contribution < -0.4 is 5.73 Å². The Morgan fingerprint density at radius 3 is 3.00 bits per heavy atom. The van der Waals surface area contributed by atoms with Crippen molar-refractivity contribution in [1.29, 1.82) is 0 Å².